The minimum Gasteiger partial charge on any atom is -0.480 e. The molecule has 8 nitrogen and oxygen atoms in total. The number of nitrogens with one attached hydrogen (secondary N) is 2. The SMILES string of the molecule is CN(C)C[C@H](NC(=O)C1(C)CCCC1NC(=O)OCC1c2ccccc2-c2ccccc21)C(=O)O. The standard InChI is InChI=1S/C27H33N3O5/c1-27(25(33)28-22(24(31)32)15-30(2)3)14-8-13-23(27)29-26(34)35-16-21-19-11-6-4-9-17(19)18-10-5-7-12-20(18)21/h4-7,9-12,21-23H,8,13-16H2,1-3H3,(H,28,33)(H,29,34)(H,31,32)/t22-,23?,27?/m0/s1. The first-order valence-corrected chi connectivity index (χ1v) is 12.0. The summed E-state index contributed by atoms with van der Waals surface area (Å²) in [4.78, 5) is 39.2. The fourth-order valence-electron chi connectivity index (χ4n) is 5.33. The van der Waals surface area contributed by atoms with Crippen LogP contribution in [0.1, 0.15) is 43.2 Å². The van der Waals surface area contributed by atoms with Gasteiger partial charge in [-0.05, 0) is 56.1 Å². The van der Waals surface area contributed by atoms with Gasteiger partial charge >= 0.3 is 12.1 Å². The lowest BCUT2D eigenvalue weighted by molar-refractivity contribution is -0.144. The van der Waals surface area contributed by atoms with E-state index in [9.17, 15) is 19.5 Å². The maximum atomic E-state index is 13.1. The number of rotatable bonds is 8. The largest absolute Gasteiger partial charge is 0.480 e. The highest BCUT2D eigenvalue weighted by Gasteiger charge is 2.47. The number of carboxylic acid groups (broad SMARTS) is 1. The Morgan fingerprint density at radius 3 is 2.26 bits per heavy atom. The monoisotopic (exact) mass is 479 g/mol. The van der Waals surface area contributed by atoms with Crippen molar-refractivity contribution in [2.45, 2.75) is 44.2 Å². The highest BCUT2D eigenvalue weighted by atomic mass is 16.5. The molecule has 2 aliphatic carbocycles. The van der Waals surface area contributed by atoms with Crippen LogP contribution in [0, 0.1) is 5.41 Å². The van der Waals surface area contributed by atoms with E-state index >= 15 is 0 Å². The predicted molar refractivity (Wildman–Crippen MR) is 132 cm³/mol. The molecule has 3 N–H and O–H groups in total. The van der Waals surface area contributed by atoms with E-state index in [0.29, 0.717) is 12.8 Å². The number of amides is 2. The molecule has 0 saturated heterocycles. The summed E-state index contributed by atoms with van der Waals surface area (Å²) in [5, 5.41) is 15.0. The van der Waals surface area contributed by atoms with E-state index in [1.807, 2.05) is 24.3 Å². The zero-order chi connectivity index (χ0) is 25.2. The molecule has 2 aromatic carbocycles. The van der Waals surface area contributed by atoms with Crippen molar-refractivity contribution in [3.63, 3.8) is 0 Å². The van der Waals surface area contributed by atoms with Crippen LogP contribution in [-0.4, -0.2) is 67.3 Å². The molecule has 2 unspecified atom stereocenters. The molecule has 0 radical (unpaired) electrons. The summed E-state index contributed by atoms with van der Waals surface area (Å²) in [6.07, 6.45) is 1.37. The van der Waals surface area contributed by atoms with Crippen LogP contribution in [0.5, 0.6) is 0 Å². The molecule has 186 valence electrons. The quantitative estimate of drug-likeness (QED) is 0.537. The van der Waals surface area contributed by atoms with E-state index in [4.69, 9.17) is 4.74 Å². The van der Waals surface area contributed by atoms with E-state index in [2.05, 4.69) is 34.9 Å². The first kappa shape index (κ1) is 24.7. The third kappa shape index (κ3) is 5.03. The van der Waals surface area contributed by atoms with Crippen LogP contribution in [0.2, 0.25) is 0 Å². The lowest BCUT2D eigenvalue weighted by Crippen LogP contribution is -2.56. The topological polar surface area (TPSA) is 108 Å². The molecule has 0 aromatic heterocycles. The summed E-state index contributed by atoms with van der Waals surface area (Å²) in [5.41, 5.74) is 3.66. The first-order valence-electron chi connectivity index (χ1n) is 12.0. The number of fused-ring (bicyclic) bond motifs is 3. The van der Waals surface area contributed by atoms with E-state index < -0.39 is 29.6 Å². The van der Waals surface area contributed by atoms with E-state index in [1.54, 1.807) is 25.9 Å². The van der Waals surface area contributed by atoms with Gasteiger partial charge in [-0.25, -0.2) is 9.59 Å². The fraction of sp³-hybridized carbons (Fsp3) is 0.444. The molecule has 35 heavy (non-hydrogen) atoms. The Kier molecular flexibility index (Phi) is 7.12. The van der Waals surface area contributed by atoms with E-state index in [-0.39, 0.29) is 25.0 Å². The number of carbonyl (C=O) groups is 3. The predicted octanol–water partition coefficient (Wildman–Crippen LogP) is 3.21. The summed E-state index contributed by atoms with van der Waals surface area (Å²) < 4.78 is 5.66. The Morgan fingerprint density at radius 2 is 1.69 bits per heavy atom. The maximum absolute atomic E-state index is 13.1. The molecule has 0 heterocycles. The zero-order valence-corrected chi connectivity index (χ0v) is 20.4. The Morgan fingerprint density at radius 1 is 1.09 bits per heavy atom. The van der Waals surface area contributed by atoms with Crippen molar-refractivity contribution in [3.8, 4) is 11.1 Å². The average Bonchev–Trinajstić information content (AvgIpc) is 3.35. The molecular weight excluding hydrogens is 446 g/mol. The molecular formula is C27H33N3O5. The number of benzene rings is 2. The van der Waals surface area contributed by atoms with Gasteiger partial charge in [0.15, 0.2) is 0 Å². The number of carboxylic acids is 1. The summed E-state index contributed by atoms with van der Waals surface area (Å²) in [7, 11) is 3.50. The van der Waals surface area contributed by atoms with Crippen molar-refractivity contribution in [3.05, 3.63) is 59.7 Å². The van der Waals surface area contributed by atoms with Crippen molar-refractivity contribution in [1.29, 1.82) is 0 Å². The van der Waals surface area contributed by atoms with Gasteiger partial charge in [0.2, 0.25) is 5.91 Å². The summed E-state index contributed by atoms with van der Waals surface area (Å²) in [6.45, 7) is 2.15. The number of alkyl carbamates (subject to hydrolysis) is 1. The maximum Gasteiger partial charge on any atom is 0.407 e. The lowest BCUT2D eigenvalue weighted by atomic mass is 9.83. The number of aliphatic carboxylic acids is 1. The number of hydrogen-bond acceptors (Lipinski definition) is 5. The van der Waals surface area contributed by atoms with E-state index in [1.165, 1.54) is 0 Å². The zero-order valence-electron chi connectivity index (χ0n) is 20.4. The Bertz CT molecular complexity index is 1070. The second-order valence-electron chi connectivity index (χ2n) is 9.96. The highest BCUT2D eigenvalue weighted by molar-refractivity contribution is 5.88. The molecule has 0 spiro atoms. The van der Waals surface area contributed by atoms with Crippen molar-refractivity contribution < 1.29 is 24.2 Å². The Hall–Kier alpha value is -3.39. The Balaban J connectivity index is 1.40. The van der Waals surface area contributed by atoms with Gasteiger partial charge in [0.1, 0.15) is 12.6 Å². The molecule has 0 bridgehead atoms. The highest BCUT2D eigenvalue weighted by Crippen LogP contribution is 2.44. The third-order valence-electron chi connectivity index (χ3n) is 7.26. The second kappa shape index (κ2) is 10.1. The third-order valence-corrected chi connectivity index (χ3v) is 7.26. The van der Waals surface area contributed by atoms with Crippen LogP contribution >= 0.6 is 0 Å². The summed E-state index contributed by atoms with van der Waals surface area (Å²) in [6, 6.07) is 14.8. The van der Waals surface area contributed by atoms with Crippen molar-refractivity contribution in [2.24, 2.45) is 5.41 Å². The molecule has 1 saturated carbocycles. The lowest BCUT2D eigenvalue weighted by Gasteiger charge is -2.32. The van der Waals surface area contributed by atoms with Crippen LogP contribution in [0.4, 0.5) is 4.79 Å². The number of nitrogens with zero attached hydrogens (tertiary/aromatic N) is 1. The molecule has 4 rings (SSSR count). The van der Waals surface area contributed by atoms with Gasteiger partial charge in [-0.2, -0.15) is 0 Å². The van der Waals surface area contributed by atoms with Gasteiger partial charge in [0.05, 0.1) is 5.41 Å². The van der Waals surface area contributed by atoms with Crippen LogP contribution in [0.25, 0.3) is 11.1 Å². The van der Waals surface area contributed by atoms with Gasteiger partial charge in [-0.3, -0.25) is 4.79 Å². The number of likely N-dealkylation sites (N-methyl/N-ethyl adjacent to an activating group) is 1. The van der Waals surface area contributed by atoms with Crippen molar-refractivity contribution in [2.75, 3.05) is 27.2 Å². The van der Waals surface area contributed by atoms with Crippen molar-refractivity contribution >= 4 is 18.0 Å². The van der Waals surface area contributed by atoms with Crippen LogP contribution in [0.3, 0.4) is 0 Å². The number of carbonyl (C=O) groups excluding carboxylic acids is 2. The van der Waals surface area contributed by atoms with Crippen LogP contribution in [0.15, 0.2) is 48.5 Å². The molecule has 2 amide bonds. The van der Waals surface area contributed by atoms with Gasteiger partial charge in [0.25, 0.3) is 0 Å². The fourth-order valence-corrected chi connectivity index (χ4v) is 5.33. The van der Waals surface area contributed by atoms with Crippen molar-refractivity contribution in [1.82, 2.24) is 15.5 Å². The van der Waals surface area contributed by atoms with Gasteiger partial charge in [-0.1, -0.05) is 55.0 Å². The van der Waals surface area contributed by atoms with E-state index in [0.717, 1.165) is 28.7 Å². The smallest absolute Gasteiger partial charge is 0.407 e. The molecule has 3 atom stereocenters. The molecule has 2 aromatic rings. The number of hydrogen-bond donors (Lipinski definition) is 3. The molecule has 1 fully saturated rings. The summed E-state index contributed by atoms with van der Waals surface area (Å²) in [5.74, 6) is -1.50. The molecule has 8 heteroatoms. The normalized spacial score (nSPS) is 21.8. The van der Waals surface area contributed by atoms with Gasteiger partial charge < -0.3 is 25.4 Å². The minimum atomic E-state index is -1.09. The van der Waals surface area contributed by atoms with Gasteiger partial charge in [0, 0.05) is 18.5 Å². The molecule has 2 aliphatic rings. The first-order chi connectivity index (χ1) is 16.7. The van der Waals surface area contributed by atoms with Crippen LogP contribution in [-0.2, 0) is 14.3 Å². The second-order valence-corrected chi connectivity index (χ2v) is 9.96. The Labute approximate surface area is 205 Å². The number of ether oxygens (including phenoxy) is 1. The summed E-state index contributed by atoms with van der Waals surface area (Å²) >= 11 is 0. The average molecular weight is 480 g/mol. The molecule has 0 aliphatic heterocycles. The minimum absolute atomic E-state index is 0.0474. The van der Waals surface area contributed by atoms with Gasteiger partial charge in [-0.15, -0.1) is 0 Å². The van der Waals surface area contributed by atoms with Crippen LogP contribution < -0.4 is 10.6 Å².